The van der Waals surface area contributed by atoms with Crippen molar-refractivity contribution in [1.82, 2.24) is 9.99 Å². The van der Waals surface area contributed by atoms with E-state index in [1.165, 1.54) is 0 Å². The van der Waals surface area contributed by atoms with Crippen LogP contribution >= 0.6 is 23.4 Å². The van der Waals surface area contributed by atoms with Gasteiger partial charge in [0, 0.05) is 16.6 Å². The highest BCUT2D eigenvalue weighted by atomic mass is 35.5. The van der Waals surface area contributed by atoms with E-state index in [0.717, 1.165) is 22.2 Å². The van der Waals surface area contributed by atoms with E-state index >= 15 is 0 Å². The number of nitrogens with zero attached hydrogens (tertiary/aromatic N) is 2. The Kier molecular flexibility index (Phi) is 5.19. The molecule has 28 heavy (non-hydrogen) atoms. The zero-order valence-electron chi connectivity index (χ0n) is 15.3. The molecule has 2 heterocycles. The SMILES string of the molecule is COc1ccc(C2SCC(=O)N2Nc2ccnc3cc(Cl)ccc23)cc1OC. The molecule has 1 unspecified atom stereocenters. The molecular weight excluding hydrogens is 398 g/mol. The topological polar surface area (TPSA) is 63.7 Å². The largest absolute Gasteiger partial charge is 0.493 e. The quantitative estimate of drug-likeness (QED) is 0.661. The molecule has 4 rings (SSSR count). The van der Waals surface area contributed by atoms with Crippen molar-refractivity contribution in [2.75, 3.05) is 25.4 Å². The summed E-state index contributed by atoms with van der Waals surface area (Å²) in [6, 6.07) is 13.0. The van der Waals surface area contributed by atoms with Crippen molar-refractivity contribution in [3.05, 3.63) is 59.2 Å². The molecule has 0 radical (unpaired) electrons. The maximum Gasteiger partial charge on any atom is 0.252 e. The lowest BCUT2D eigenvalue weighted by Crippen LogP contribution is -2.33. The fourth-order valence-electron chi connectivity index (χ4n) is 3.15. The van der Waals surface area contributed by atoms with Crippen LogP contribution < -0.4 is 14.9 Å². The number of ether oxygens (including phenoxy) is 2. The van der Waals surface area contributed by atoms with Crippen molar-refractivity contribution in [2.24, 2.45) is 0 Å². The normalized spacial score (nSPS) is 16.5. The number of rotatable bonds is 5. The molecule has 1 aliphatic heterocycles. The molecule has 1 amide bonds. The van der Waals surface area contributed by atoms with Crippen LogP contribution in [-0.2, 0) is 4.79 Å². The number of aromatic nitrogens is 1. The summed E-state index contributed by atoms with van der Waals surface area (Å²) < 4.78 is 10.7. The van der Waals surface area contributed by atoms with Gasteiger partial charge in [-0.15, -0.1) is 11.8 Å². The number of nitrogens with one attached hydrogen (secondary N) is 1. The molecule has 0 saturated carbocycles. The summed E-state index contributed by atoms with van der Waals surface area (Å²) in [5, 5.41) is 2.97. The number of benzene rings is 2. The van der Waals surface area contributed by atoms with E-state index in [2.05, 4.69) is 10.4 Å². The second kappa shape index (κ2) is 7.77. The van der Waals surface area contributed by atoms with Crippen LogP contribution in [-0.4, -0.2) is 35.9 Å². The zero-order valence-corrected chi connectivity index (χ0v) is 16.9. The maximum atomic E-state index is 12.6. The van der Waals surface area contributed by atoms with Crippen molar-refractivity contribution >= 4 is 45.9 Å². The van der Waals surface area contributed by atoms with Gasteiger partial charge >= 0.3 is 0 Å². The van der Waals surface area contributed by atoms with Crippen LogP contribution in [0.5, 0.6) is 11.5 Å². The molecule has 0 bridgehead atoms. The monoisotopic (exact) mass is 415 g/mol. The minimum absolute atomic E-state index is 0.00344. The summed E-state index contributed by atoms with van der Waals surface area (Å²) in [6.07, 6.45) is 1.69. The number of methoxy groups -OCH3 is 2. The van der Waals surface area contributed by atoms with Gasteiger partial charge in [0.1, 0.15) is 5.37 Å². The maximum absolute atomic E-state index is 12.6. The van der Waals surface area contributed by atoms with E-state index in [4.69, 9.17) is 21.1 Å². The smallest absolute Gasteiger partial charge is 0.252 e. The first-order valence-corrected chi connectivity index (χ1v) is 10.00. The lowest BCUT2D eigenvalue weighted by Gasteiger charge is -2.26. The summed E-state index contributed by atoms with van der Waals surface area (Å²) in [7, 11) is 3.19. The average Bonchev–Trinajstić information content (AvgIpc) is 3.07. The highest BCUT2D eigenvalue weighted by Crippen LogP contribution is 2.42. The third-order valence-electron chi connectivity index (χ3n) is 4.51. The van der Waals surface area contributed by atoms with E-state index in [-0.39, 0.29) is 11.3 Å². The highest BCUT2D eigenvalue weighted by Gasteiger charge is 2.34. The summed E-state index contributed by atoms with van der Waals surface area (Å²) in [5.74, 6) is 1.67. The van der Waals surface area contributed by atoms with Gasteiger partial charge in [-0.2, -0.15) is 0 Å². The van der Waals surface area contributed by atoms with Crippen molar-refractivity contribution in [2.45, 2.75) is 5.37 Å². The standard InChI is InChI=1S/C20H18ClN3O3S/c1-26-17-6-3-12(9-18(17)27-2)20-24(19(25)11-28-20)23-15-7-8-22-16-10-13(21)4-5-14(15)16/h3-10,20H,11H2,1-2H3,(H,22,23). The van der Waals surface area contributed by atoms with Crippen LogP contribution in [0, 0.1) is 0 Å². The number of hydrogen-bond donors (Lipinski definition) is 1. The Balaban J connectivity index is 1.68. The number of amides is 1. The fraction of sp³-hybridized carbons (Fsp3) is 0.200. The summed E-state index contributed by atoms with van der Waals surface area (Å²) in [5.41, 5.74) is 5.78. The predicted molar refractivity (Wildman–Crippen MR) is 112 cm³/mol. The first kappa shape index (κ1) is 18.7. The number of pyridine rings is 1. The van der Waals surface area contributed by atoms with Crippen LogP contribution in [0.1, 0.15) is 10.9 Å². The van der Waals surface area contributed by atoms with Gasteiger partial charge in [0.25, 0.3) is 5.91 Å². The van der Waals surface area contributed by atoms with Gasteiger partial charge < -0.3 is 9.47 Å². The minimum Gasteiger partial charge on any atom is -0.493 e. The number of hydrogen-bond acceptors (Lipinski definition) is 6. The minimum atomic E-state index is -0.192. The summed E-state index contributed by atoms with van der Waals surface area (Å²) in [4.78, 5) is 16.9. The number of halogens is 1. The van der Waals surface area contributed by atoms with Gasteiger partial charge in [-0.25, -0.2) is 5.01 Å². The Morgan fingerprint density at radius 2 is 1.96 bits per heavy atom. The molecule has 0 aliphatic carbocycles. The molecule has 1 fully saturated rings. The van der Waals surface area contributed by atoms with Gasteiger partial charge in [-0.05, 0) is 42.0 Å². The van der Waals surface area contributed by atoms with Gasteiger partial charge in [-0.1, -0.05) is 17.7 Å². The number of hydrazine groups is 1. The van der Waals surface area contributed by atoms with Crippen molar-refractivity contribution in [3.63, 3.8) is 0 Å². The third-order valence-corrected chi connectivity index (χ3v) is 5.95. The molecule has 1 aliphatic rings. The first-order valence-electron chi connectivity index (χ1n) is 8.57. The van der Waals surface area contributed by atoms with Crippen LogP contribution in [0.4, 0.5) is 5.69 Å². The molecule has 6 nitrogen and oxygen atoms in total. The number of thioether (sulfide) groups is 1. The Labute approximate surface area is 171 Å². The number of fused-ring (bicyclic) bond motifs is 1. The lowest BCUT2D eigenvalue weighted by molar-refractivity contribution is -0.126. The summed E-state index contributed by atoms with van der Waals surface area (Å²) in [6.45, 7) is 0. The second-order valence-corrected chi connectivity index (χ2v) is 7.68. The molecule has 0 spiro atoms. The Morgan fingerprint density at radius 3 is 2.75 bits per heavy atom. The van der Waals surface area contributed by atoms with E-state index in [0.29, 0.717) is 22.3 Å². The van der Waals surface area contributed by atoms with Crippen LogP contribution in [0.2, 0.25) is 5.02 Å². The van der Waals surface area contributed by atoms with E-state index in [1.54, 1.807) is 43.3 Å². The van der Waals surface area contributed by atoms with Crippen LogP contribution in [0.25, 0.3) is 10.9 Å². The molecule has 3 aromatic rings. The average molecular weight is 416 g/mol. The fourth-order valence-corrected chi connectivity index (χ4v) is 4.41. The molecule has 8 heteroatoms. The van der Waals surface area contributed by atoms with Crippen LogP contribution in [0.15, 0.2) is 48.7 Å². The van der Waals surface area contributed by atoms with Gasteiger partial charge in [0.05, 0.1) is 31.2 Å². The van der Waals surface area contributed by atoms with Gasteiger partial charge in [0.2, 0.25) is 0 Å². The molecule has 1 saturated heterocycles. The van der Waals surface area contributed by atoms with Crippen molar-refractivity contribution in [3.8, 4) is 11.5 Å². The van der Waals surface area contributed by atoms with Crippen molar-refractivity contribution in [1.29, 1.82) is 0 Å². The zero-order chi connectivity index (χ0) is 19.7. The predicted octanol–water partition coefficient (Wildman–Crippen LogP) is 4.51. The second-order valence-electron chi connectivity index (χ2n) is 6.17. The van der Waals surface area contributed by atoms with Crippen LogP contribution in [0.3, 0.4) is 0 Å². The molecule has 1 aromatic heterocycles. The number of carbonyl (C=O) groups is 1. The third kappa shape index (κ3) is 3.43. The first-order chi connectivity index (χ1) is 13.6. The number of anilines is 1. The van der Waals surface area contributed by atoms with E-state index in [1.807, 2.05) is 36.4 Å². The van der Waals surface area contributed by atoms with Gasteiger partial charge in [-0.3, -0.25) is 15.2 Å². The molecule has 1 atom stereocenters. The molecular formula is C20H18ClN3O3S. The molecule has 2 aromatic carbocycles. The van der Waals surface area contributed by atoms with Gasteiger partial charge in [0.15, 0.2) is 11.5 Å². The van der Waals surface area contributed by atoms with E-state index in [9.17, 15) is 4.79 Å². The summed E-state index contributed by atoms with van der Waals surface area (Å²) >= 11 is 7.62. The molecule has 1 N–H and O–H groups in total. The molecule has 144 valence electrons. The Hall–Kier alpha value is -2.64. The highest BCUT2D eigenvalue weighted by molar-refractivity contribution is 8.00. The number of carbonyl (C=O) groups excluding carboxylic acids is 1. The van der Waals surface area contributed by atoms with Crippen molar-refractivity contribution < 1.29 is 14.3 Å². The Bertz CT molecular complexity index is 1050. The van der Waals surface area contributed by atoms with E-state index < -0.39 is 0 Å². The Morgan fingerprint density at radius 1 is 1.14 bits per heavy atom. The lowest BCUT2D eigenvalue weighted by atomic mass is 10.2.